The molecule has 1 N–H and O–H groups in total. The van der Waals surface area contributed by atoms with Crippen LogP contribution in [0.15, 0.2) is 12.1 Å². The standard InChI is InChI=1S/C13H12ClFN2O3/c1-6-7(14)4-8(15)12(20-3)11(6)10-5-9(13(18)19)16-17(10)2/h4-5H,1-3H3,(H,18,19). The summed E-state index contributed by atoms with van der Waals surface area (Å²) in [7, 11) is 2.91. The van der Waals surface area contributed by atoms with E-state index in [-0.39, 0.29) is 16.5 Å². The largest absolute Gasteiger partial charge is 0.493 e. The maximum atomic E-state index is 13.9. The van der Waals surface area contributed by atoms with Gasteiger partial charge in [-0.2, -0.15) is 5.10 Å². The first-order chi connectivity index (χ1) is 9.36. The van der Waals surface area contributed by atoms with Crippen molar-refractivity contribution in [2.45, 2.75) is 6.92 Å². The van der Waals surface area contributed by atoms with Crippen LogP contribution in [0.4, 0.5) is 4.39 Å². The molecular weight excluding hydrogens is 287 g/mol. The second kappa shape index (κ2) is 5.13. The highest BCUT2D eigenvalue weighted by Crippen LogP contribution is 2.39. The molecule has 0 spiro atoms. The Kier molecular flexibility index (Phi) is 3.67. The first-order valence-corrected chi connectivity index (χ1v) is 6.05. The summed E-state index contributed by atoms with van der Waals surface area (Å²) in [6.07, 6.45) is 0. The fourth-order valence-electron chi connectivity index (χ4n) is 2.01. The van der Waals surface area contributed by atoms with Gasteiger partial charge in [-0.25, -0.2) is 9.18 Å². The molecule has 0 aliphatic rings. The van der Waals surface area contributed by atoms with Crippen LogP contribution in [-0.2, 0) is 7.05 Å². The lowest BCUT2D eigenvalue weighted by Gasteiger charge is -2.14. The van der Waals surface area contributed by atoms with Gasteiger partial charge in [-0.1, -0.05) is 11.6 Å². The molecule has 1 aromatic carbocycles. The zero-order valence-corrected chi connectivity index (χ0v) is 11.8. The minimum atomic E-state index is -1.16. The third-order valence-electron chi connectivity index (χ3n) is 2.99. The predicted molar refractivity (Wildman–Crippen MR) is 71.9 cm³/mol. The van der Waals surface area contributed by atoms with E-state index in [1.807, 2.05) is 0 Å². The third-order valence-corrected chi connectivity index (χ3v) is 3.38. The normalized spacial score (nSPS) is 10.7. The molecule has 0 saturated carbocycles. The van der Waals surface area contributed by atoms with Crippen molar-refractivity contribution in [2.75, 3.05) is 7.11 Å². The molecule has 0 bridgehead atoms. The van der Waals surface area contributed by atoms with Crippen LogP contribution in [0.5, 0.6) is 5.75 Å². The number of carboxylic acids is 1. The summed E-state index contributed by atoms with van der Waals surface area (Å²) in [5.41, 5.74) is 1.26. The first-order valence-electron chi connectivity index (χ1n) is 5.67. The number of benzene rings is 1. The van der Waals surface area contributed by atoms with Gasteiger partial charge in [0.25, 0.3) is 0 Å². The summed E-state index contributed by atoms with van der Waals surface area (Å²) in [6, 6.07) is 2.51. The van der Waals surface area contributed by atoms with Gasteiger partial charge in [-0.05, 0) is 24.6 Å². The lowest BCUT2D eigenvalue weighted by atomic mass is 10.0. The van der Waals surface area contributed by atoms with Gasteiger partial charge in [-0.15, -0.1) is 0 Å². The average Bonchev–Trinajstić information content (AvgIpc) is 2.75. The summed E-state index contributed by atoms with van der Waals surface area (Å²) in [5, 5.41) is 13.1. The molecule has 5 nitrogen and oxygen atoms in total. The van der Waals surface area contributed by atoms with Gasteiger partial charge >= 0.3 is 5.97 Å². The van der Waals surface area contributed by atoms with Crippen LogP contribution in [0.3, 0.4) is 0 Å². The van der Waals surface area contributed by atoms with Crippen LogP contribution in [0.2, 0.25) is 5.02 Å². The van der Waals surface area contributed by atoms with Crippen molar-refractivity contribution >= 4 is 17.6 Å². The summed E-state index contributed by atoms with van der Waals surface area (Å²) < 4.78 is 20.3. The topological polar surface area (TPSA) is 64.3 Å². The van der Waals surface area contributed by atoms with E-state index in [1.165, 1.54) is 17.9 Å². The van der Waals surface area contributed by atoms with Crippen molar-refractivity contribution in [3.05, 3.63) is 34.2 Å². The Bertz CT molecular complexity index is 697. The quantitative estimate of drug-likeness (QED) is 0.946. The monoisotopic (exact) mass is 298 g/mol. The third kappa shape index (κ3) is 2.22. The van der Waals surface area contributed by atoms with Gasteiger partial charge in [0, 0.05) is 17.6 Å². The molecule has 0 atom stereocenters. The zero-order chi connectivity index (χ0) is 15.0. The number of aromatic nitrogens is 2. The van der Waals surface area contributed by atoms with Gasteiger partial charge in [0.1, 0.15) is 0 Å². The highest BCUT2D eigenvalue weighted by Gasteiger charge is 2.22. The molecule has 20 heavy (non-hydrogen) atoms. The molecule has 2 aromatic rings. The number of rotatable bonds is 3. The first kappa shape index (κ1) is 14.3. The number of nitrogens with zero attached hydrogens (tertiary/aromatic N) is 2. The number of halogens is 2. The fraction of sp³-hybridized carbons (Fsp3) is 0.231. The van der Waals surface area contributed by atoms with Gasteiger partial charge in [-0.3, -0.25) is 4.68 Å². The zero-order valence-electron chi connectivity index (χ0n) is 11.1. The van der Waals surface area contributed by atoms with Crippen LogP contribution in [-0.4, -0.2) is 28.0 Å². The SMILES string of the molecule is COc1c(F)cc(Cl)c(C)c1-c1cc(C(=O)O)nn1C. The van der Waals surface area contributed by atoms with E-state index in [0.717, 1.165) is 6.07 Å². The molecule has 0 unspecified atom stereocenters. The summed E-state index contributed by atoms with van der Waals surface area (Å²) in [5.74, 6) is -1.77. The van der Waals surface area contributed by atoms with Gasteiger partial charge in [0.05, 0.1) is 12.8 Å². The van der Waals surface area contributed by atoms with Gasteiger partial charge < -0.3 is 9.84 Å². The number of carboxylic acid groups (broad SMARTS) is 1. The minimum Gasteiger partial charge on any atom is -0.493 e. The summed E-state index contributed by atoms with van der Waals surface area (Å²) in [4.78, 5) is 11.0. The molecule has 0 radical (unpaired) electrons. The van der Waals surface area contributed by atoms with Crippen molar-refractivity contribution in [1.29, 1.82) is 0 Å². The molecule has 0 aliphatic heterocycles. The van der Waals surface area contributed by atoms with Crippen LogP contribution >= 0.6 is 11.6 Å². The second-order valence-corrected chi connectivity index (χ2v) is 4.62. The van der Waals surface area contributed by atoms with Crippen LogP contribution in [0, 0.1) is 12.7 Å². The maximum absolute atomic E-state index is 13.9. The Morgan fingerprint density at radius 1 is 1.50 bits per heavy atom. The lowest BCUT2D eigenvalue weighted by molar-refractivity contribution is 0.0689. The molecule has 1 heterocycles. The Hall–Kier alpha value is -2.08. The minimum absolute atomic E-state index is 0.00633. The van der Waals surface area contributed by atoms with Gasteiger partial charge in [0.15, 0.2) is 17.3 Å². The second-order valence-electron chi connectivity index (χ2n) is 4.22. The molecule has 0 saturated heterocycles. The highest BCUT2D eigenvalue weighted by atomic mass is 35.5. The van der Waals surface area contributed by atoms with Crippen LogP contribution in [0.25, 0.3) is 11.3 Å². The molecule has 1 aromatic heterocycles. The van der Waals surface area contributed by atoms with Gasteiger partial charge in [0.2, 0.25) is 0 Å². The fourth-order valence-corrected chi connectivity index (χ4v) is 2.20. The van der Waals surface area contributed by atoms with E-state index in [0.29, 0.717) is 16.8 Å². The predicted octanol–water partition coefficient (Wildman–Crippen LogP) is 2.89. The lowest BCUT2D eigenvalue weighted by Crippen LogP contribution is -2.01. The summed E-state index contributed by atoms with van der Waals surface area (Å²) >= 11 is 5.98. The van der Waals surface area contributed by atoms with E-state index in [2.05, 4.69) is 5.10 Å². The molecule has 0 amide bonds. The number of methoxy groups -OCH3 is 1. The van der Waals surface area contributed by atoms with E-state index in [4.69, 9.17) is 21.4 Å². The molecule has 0 aliphatic carbocycles. The van der Waals surface area contributed by atoms with E-state index >= 15 is 0 Å². The number of ether oxygens (including phenoxy) is 1. The van der Waals surface area contributed by atoms with Crippen molar-refractivity contribution in [3.63, 3.8) is 0 Å². The van der Waals surface area contributed by atoms with Crippen molar-refractivity contribution in [2.24, 2.45) is 7.05 Å². The van der Waals surface area contributed by atoms with E-state index in [1.54, 1.807) is 14.0 Å². The van der Waals surface area contributed by atoms with Crippen molar-refractivity contribution in [1.82, 2.24) is 9.78 Å². The number of aryl methyl sites for hydroxylation is 1. The Balaban J connectivity index is 2.78. The number of carbonyl (C=O) groups is 1. The van der Waals surface area contributed by atoms with Crippen molar-refractivity contribution < 1.29 is 19.0 Å². The van der Waals surface area contributed by atoms with E-state index in [9.17, 15) is 9.18 Å². The molecule has 106 valence electrons. The molecule has 7 heteroatoms. The van der Waals surface area contributed by atoms with Crippen LogP contribution < -0.4 is 4.74 Å². The molecule has 0 fully saturated rings. The van der Waals surface area contributed by atoms with E-state index < -0.39 is 11.8 Å². The maximum Gasteiger partial charge on any atom is 0.356 e. The smallest absolute Gasteiger partial charge is 0.356 e. The number of hydrogen-bond donors (Lipinski definition) is 1. The van der Waals surface area contributed by atoms with Crippen LogP contribution in [0.1, 0.15) is 16.1 Å². The molecule has 2 rings (SSSR count). The Morgan fingerprint density at radius 3 is 2.65 bits per heavy atom. The molecular formula is C13H12ClFN2O3. The number of hydrogen-bond acceptors (Lipinski definition) is 3. The Morgan fingerprint density at radius 2 is 2.15 bits per heavy atom. The summed E-state index contributed by atoms with van der Waals surface area (Å²) in [6.45, 7) is 1.70. The number of aromatic carboxylic acids is 1. The average molecular weight is 299 g/mol. The Labute approximate surface area is 119 Å². The van der Waals surface area contributed by atoms with Crippen molar-refractivity contribution in [3.8, 4) is 17.0 Å². The highest BCUT2D eigenvalue weighted by molar-refractivity contribution is 6.31.